The second kappa shape index (κ2) is 4.82. The standard InChI is InChI=1S/C8H19NO2S/c1-4-7(5-2)8(6-9)12(3,10)11/h7-8H,4-6,9H2,1-3H3. The van der Waals surface area contributed by atoms with Crippen molar-refractivity contribution in [2.75, 3.05) is 12.8 Å². The van der Waals surface area contributed by atoms with Crippen LogP contribution in [0.15, 0.2) is 0 Å². The first-order valence-electron chi connectivity index (χ1n) is 4.36. The minimum absolute atomic E-state index is 0.213. The molecule has 0 aliphatic carbocycles. The van der Waals surface area contributed by atoms with E-state index in [1.807, 2.05) is 13.8 Å². The van der Waals surface area contributed by atoms with E-state index in [1.165, 1.54) is 6.26 Å². The van der Waals surface area contributed by atoms with Crippen molar-refractivity contribution >= 4 is 9.84 Å². The van der Waals surface area contributed by atoms with Gasteiger partial charge in [0.25, 0.3) is 0 Å². The van der Waals surface area contributed by atoms with Gasteiger partial charge in [0.15, 0.2) is 9.84 Å². The molecule has 4 heteroatoms. The maximum atomic E-state index is 11.2. The largest absolute Gasteiger partial charge is 0.329 e. The number of rotatable bonds is 5. The molecule has 74 valence electrons. The molecular formula is C8H19NO2S. The molecule has 0 aromatic heterocycles. The lowest BCUT2D eigenvalue weighted by Gasteiger charge is -2.21. The first-order chi connectivity index (χ1) is 5.47. The highest BCUT2D eigenvalue weighted by atomic mass is 32.2. The fourth-order valence-electron chi connectivity index (χ4n) is 1.53. The van der Waals surface area contributed by atoms with Crippen LogP contribution in [0.1, 0.15) is 26.7 Å². The Morgan fingerprint density at radius 1 is 1.25 bits per heavy atom. The lowest BCUT2D eigenvalue weighted by atomic mass is 9.99. The van der Waals surface area contributed by atoms with Crippen LogP contribution in [-0.2, 0) is 9.84 Å². The van der Waals surface area contributed by atoms with Crippen LogP contribution in [0.2, 0.25) is 0 Å². The van der Waals surface area contributed by atoms with Crippen LogP contribution in [0.3, 0.4) is 0 Å². The maximum absolute atomic E-state index is 11.2. The Balaban J connectivity index is 4.54. The van der Waals surface area contributed by atoms with Gasteiger partial charge in [0.05, 0.1) is 5.25 Å². The molecule has 0 aromatic rings. The van der Waals surface area contributed by atoms with E-state index in [1.54, 1.807) is 0 Å². The second-order valence-electron chi connectivity index (χ2n) is 3.18. The minimum Gasteiger partial charge on any atom is -0.329 e. The van der Waals surface area contributed by atoms with Crippen molar-refractivity contribution in [3.8, 4) is 0 Å². The molecule has 12 heavy (non-hydrogen) atoms. The molecule has 0 aliphatic rings. The van der Waals surface area contributed by atoms with E-state index in [0.29, 0.717) is 0 Å². The average Bonchev–Trinajstić information content (AvgIpc) is 1.97. The number of hydrogen-bond donors (Lipinski definition) is 1. The van der Waals surface area contributed by atoms with Crippen molar-refractivity contribution in [1.82, 2.24) is 0 Å². The first kappa shape index (κ1) is 11.9. The first-order valence-corrected chi connectivity index (χ1v) is 6.31. The number of nitrogens with two attached hydrogens (primary N) is 1. The fourth-order valence-corrected chi connectivity index (χ4v) is 2.96. The van der Waals surface area contributed by atoms with Crippen molar-refractivity contribution < 1.29 is 8.42 Å². The molecule has 0 spiro atoms. The number of sulfone groups is 1. The monoisotopic (exact) mass is 193 g/mol. The van der Waals surface area contributed by atoms with Gasteiger partial charge in [-0.05, 0) is 5.92 Å². The highest BCUT2D eigenvalue weighted by Crippen LogP contribution is 2.18. The second-order valence-corrected chi connectivity index (χ2v) is 5.44. The lowest BCUT2D eigenvalue weighted by Crippen LogP contribution is -2.35. The summed E-state index contributed by atoms with van der Waals surface area (Å²) in [6.07, 6.45) is 3.03. The van der Waals surface area contributed by atoms with Crippen LogP contribution in [-0.4, -0.2) is 26.5 Å². The zero-order chi connectivity index (χ0) is 9.78. The van der Waals surface area contributed by atoms with Crippen LogP contribution in [0, 0.1) is 5.92 Å². The summed E-state index contributed by atoms with van der Waals surface area (Å²) in [5, 5.41) is -0.354. The zero-order valence-electron chi connectivity index (χ0n) is 8.08. The quantitative estimate of drug-likeness (QED) is 0.702. The molecule has 0 amide bonds. The van der Waals surface area contributed by atoms with Gasteiger partial charge in [-0.25, -0.2) is 8.42 Å². The molecule has 0 radical (unpaired) electrons. The van der Waals surface area contributed by atoms with Crippen LogP contribution in [0.4, 0.5) is 0 Å². The summed E-state index contributed by atoms with van der Waals surface area (Å²) in [5.41, 5.74) is 5.43. The maximum Gasteiger partial charge on any atom is 0.151 e. The van der Waals surface area contributed by atoms with Crippen LogP contribution < -0.4 is 5.73 Å². The molecule has 0 saturated heterocycles. The van der Waals surface area contributed by atoms with E-state index in [0.717, 1.165) is 12.8 Å². The molecule has 0 heterocycles. The van der Waals surface area contributed by atoms with Crippen molar-refractivity contribution in [1.29, 1.82) is 0 Å². The zero-order valence-corrected chi connectivity index (χ0v) is 8.89. The third-order valence-corrected chi connectivity index (χ3v) is 4.03. The summed E-state index contributed by atoms with van der Waals surface area (Å²) in [6.45, 7) is 4.25. The SMILES string of the molecule is CCC(CC)C(CN)S(C)(=O)=O. The molecule has 0 aromatic carbocycles. The van der Waals surface area contributed by atoms with Crippen molar-refractivity contribution in [2.45, 2.75) is 31.9 Å². The summed E-state index contributed by atoms with van der Waals surface area (Å²) in [7, 11) is -2.96. The summed E-state index contributed by atoms with van der Waals surface area (Å²) < 4.78 is 22.5. The van der Waals surface area contributed by atoms with Crippen molar-refractivity contribution in [3.05, 3.63) is 0 Å². The molecular weight excluding hydrogens is 174 g/mol. The van der Waals surface area contributed by atoms with Gasteiger partial charge in [-0.3, -0.25) is 0 Å². The van der Waals surface area contributed by atoms with E-state index >= 15 is 0 Å². The van der Waals surface area contributed by atoms with Crippen molar-refractivity contribution in [2.24, 2.45) is 11.7 Å². The van der Waals surface area contributed by atoms with Gasteiger partial charge in [-0.2, -0.15) is 0 Å². The summed E-state index contributed by atoms with van der Waals surface area (Å²) >= 11 is 0. The van der Waals surface area contributed by atoms with Crippen LogP contribution >= 0.6 is 0 Å². The van der Waals surface area contributed by atoms with Gasteiger partial charge in [0.1, 0.15) is 0 Å². The Morgan fingerprint density at radius 3 is 1.75 bits per heavy atom. The Kier molecular flexibility index (Phi) is 4.78. The molecule has 0 fully saturated rings. The molecule has 0 rings (SSSR count). The van der Waals surface area contributed by atoms with E-state index < -0.39 is 9.84 Å². The van der Waals surface area contributed by atoms with E-state index in [2.05, 4.69) is 0 Å². The van der Waals surface area contributed by atoms with Gasteiger partial charge >= 0.3 is 0 Å². The molecule has 2 N–H and O–H groups in total. The third-order valence-electron chi connectivity index (χ3n) is 2.36. The number of hydrogen-bond acceptors (Lipinski definition) is 3. The molecule has 0 aliphatic heterocycles. The summed E-state index contributed by atoms with van der Waals surface area (Å²) in [6, 6.07) is 0. The summed E-state index contributed by atoms with van der Waals surface area (Å²) in [5.74, 6) is 0.213. The van der Waals surface area contributed by atoms with Gasteiger partial charge in [0, 0.05) is 12.8 Å². The molecule has 1 atom stereocenters. The Hall–Kier alpha value is -0.0900. The van der Waals surface area contributed by atoms with Crippen LogP contribution in [0.5, 0.6) is 0 Å². The molecule has 1 unspecified atom stereocenters. The van der Waals surface area contributed by atoms with E-state index in [4.69, 9.17) is 5.73 Å². The Bertz CT molecular complexity index is 207. The van der Waals surface area contributed by atoms with Gasteiger partial charge < -0.3 is 5.73 Å². The normalized spacial score (nSPS) is 15.1. The predicted octanol–water partition coefficient (Wildman–Crippen LogP) is 0.795. The highest BCUT2D eigenvalue weighted by molar-refractivity contribution is 7.91. The summed E-state index contributed by atoms with van der Waals surface area (Å²) in [4.78, 5) is 0. The smallest absolute Gasteiger partial charge is 0.151 e. The fraction of sp³-hybridized carbons (Fsp3) is 1.00. The van der Waals surface area contributed by atoms with Gasteiger partial charge in [0.2, 0.25) is 0 Å². The third kappa shape index (κ3) is 3.11. The van der Waals surface area contributed by atoms with E-state index in [9.17, 15) is 8.42 Å². The average molecular weight is 193 g/mol. The van der Waals surface area contributed by atoms with Crippen LogP contribution in [0.25, 0.3) is 0 Å². The lowest BCUT2D eigenvalue weighted by molar-refractivity contribution is 0.451. The molecule has 3 nitrogen and oxygen atoms in total. The molecule has 0 bridgehead atoms. The predicted molar refractivity (Wildman–Crippen MR) is 51.8 cm³/mol. The van der Waals surface area contributed by atoms with Gasteiger partial charge in [-0.1, -0.05) is 26.7 Å². The van der Waals surface area contributed by atoms with E-state index in [-0.39, 0.29) is 17.7 Å². The Labute approximate surface area is 75.3 Å². The Morgan fingerprint density at radius 2 is 1.67 bits per heavy atom. The van der Waals surface area contributed by atoms with Crippen molar-refractivity contribution in [3.63, 3.8) is 0 Å². The topological polar surface area (TPSA) is 60.2 Å². The van der Waals surface area contributed by atoms with Gasteiger partial charge in [-0.15, -0.1) is 0 Å². The minimum atomic E-state index is -2.96. The molecule has 0 saturated carbocycles. The highest BCUT2D eigenvalue weighted by Gasteiger charge is 2.26.